The molecule has 9 heteroatoms. The normalized spacial score (nSPS) is 16.8. The minimum Gasteiger partial charge on any atom is -0.421 e. The molecule has 1 aliphatic heterocycles. The van der Waals surface area contributed by atoms with Gasteiger partial charge in [-0.05, 0) is 67.7 Å². The lowest BCUT2D eigenvalue weighted by atomic mass is 9.98. The molecule has 4 rings (SSSR count). The van der Waals surface area contributed by atoms with Crippen LogP contribution in [0.15, 0.2) is 57.8 Å². The summed E-state index contributed by atoms with van der Waals surface area (Å²) in [6.07, 6.45) is 2.31. The van der Waals surface area contributed by atoms with Crippen LogP contribution in [0.5, 0.6) is 0 Å². The highest BCUT2D eigenvalue weighted by Crippen LogP contribution is 2.29. The van der Waals surface area contributed by atoms with E-state index in [1.165, 1.54) is 18.1 Å². The van der Waals surface area contributed by atoms with Crippen molar-refractivity contribution >= 4 is 28.1 Å². The number of halogens is 1. The Labute approximate surface area is 189 Å². The number of aromatic nitrogens is 2. The number of likely N-dealkylation sites (tertiary alicyclic amines) is 1. The first-order chi connectivity index (χ1) is 14.4. The lowest BCUT2D eigenvalue weighted by molar-refractivity contribution is 0.335. The highest BCUT2D eigenvalue weighted by atomic mass is 35.5. The molecule has 3 aromatic rings. The highest BCUT2D eigenvalue weighted by Gasteiger charge is 2.23. The van der Waals surface area contributed by atoms with Gasteiger partial charge in [0.25, 0.3) is 10.0 Å². The fourth-order valence-electron chi connectivity index (χ4n) is 3.87. The molecule has 0 aliphatic carbocycles. The van der Waals surface area contributed by atoms with Crippen LogP contribution in [0.3, 0.4) is 0 Å². The SMILES string of the molecule is CCCN1CC[C@@H](c2ccc(NS(=O)(=O)c3cccc(-c4nnc(C)o4)c3)cc2)C1.Cl. The summed E-state index contributed by atoms with van der Waals surface area (Å²) in [6.45, 7) is 7.22. The Bertz CT molecular complexity index is 1120. The van der Waals surface area contributed by atoms with Gasteiger partial charge in [0.1, 0.15) is 0 Å². The summed E-state index contributed by atoms with van der Waals surface area (Å²) >= 11 is 0. The van der Waals surface area contributed by atoms with Gasteiger partial charge in [-0.15, -0.1) is 22.6 Å². The van der Waals surface area contributed by atoms with Gasteiger partial charge in [-0.3, -0.25) is 4.72 Å². The first-order valence-corrected chi connectivity index (χ1v) is 11.7. The Morgan fingerprint density at radius 3 is 2.61 bits per heavy atom. The number of sulfonamides is 1. The molecule has 1 aromatic heterocycles. The molecule has 1 atom stereocenters. The molecule has 0 amide bonds. The Kier molecular flexibility index (Phi) is 7.35. The van der Waals surface area contributed by atoms with Gasteiger partial charge in [0.2, 0.25) is 11.8 Å². The Hall–Kier alpha value is -2.42. The lowest BCUT2D eigenvalue weighted by Crippen LogP contribution is -2.20. The van der Waals surface area contributed by atoms with Crippen molar-refractivity contribution in [3.8, 4) is 11.5 Å². The number of hydrogen-bond acceptors (Lipinski definition) is 6. The zero-order valence-electron chi connectivity index (χ0n) is 17.6. The first-order valence-electron chi connectivity index (χ1n) is 10.2. The van der Waals surface area contributed by atoms with Gasteiger partial charge < -0.3 is 9.32 Å². The van der Waals surface area contributed by atoms with E-state index in [0.29, 0.717) is 29.0 Å². The molecule has 1 fully saturated rings. The first kappa shape index (κ1) is 23.2. The number of anilines is 1. The number of hydrogen-bond donors (Lipinski definition) is 1. The molecule has 2 aromatic carbocycles. The zero-order chi connectivity index (χ0) is 21.1. The minimum absolute atomic E-state index is 0. The summed E-state index contributed by atoms with van der Waals surface area (Å²) in [5.74, 6) is 1.23. The van der Waals surface area contributed by atoms with E-state index < -0.39 is 10.0 Å². The van der Waals surface area contributed by atoms with Crippen molar-refractivity contribution < 1.29 is 12.8 Å². The quantitative estimate of drug-likeness (QED) is 0.557. The summed E-state index contributed by atoms with van der Waals surface area (Å²) in [4.78, 5) is 2.63. The number of benzene rings is 2. The van der Waals surface area contributed by atoms with Crippen LogP contribution in [0.2, 0.25) is 0 Å². The summed E-state index contributed by atoms with van der Waals surface area (Å²) in [7, 11) is -3.73. The van der Waals surface area contributed by atoms with E-state index >= 15 is 0 Å². The fraction of sp³-hybridized carbons (Fsp3) is 0.364. The van der Waals surface area contributed by atoms with Crippen LogP contribution < -0.4 is 4.72 Å². The molecule has 0 unspecified atom stereocenters. The second-order valence-corrected chi connectivity index (χ2v) is 9.35. The zero-order valence-corrected chi connectivity index (χ0v) is 19.2. The topological polar surface area (TPSA) is 88.3 Å². The van der Waals surface area contributed by atoms with Crippen molar-refractivity contribution in [3.05, 3.63) is 60.0 Å². The van der Waals surface area contributed by atoms with Crippen molar-refractivity contribution in [2.24, 2.45) is 0 Å². The summed E-state index contributed by atoms with van der Waals surface area (Å²) in [5, 5.41) is 7.75. The lowest BCUT2D eigenvalue weighted by Gasteiger charge is -2.15. The summed E-state index contributed by atoms with van der Waals surface area (Å²) in [5.41, 5.74) is 2.36. The van der Waals surface area contributed by atoms with Gasteiger partial charge in [-0.1, -0.05) is 25.1 Å². The molecule has 7 nitrogen and oxygen atoms in total. The van der Waals surface area contributed by atoms with Gasteiger partial charge in [-0.25, -0.2) is 8.42 Å². The minimum atomic E-state index is -3.73. The maximum Gasteiger partial charge on any atom is 0.261 e. The van der Waals surface area contributed by atoms with Crippen LogP contribution in [-0.4, -0.2) is 43.1 Å². The van der Waals surface area contributed by atoms with Crippen molar-refractivity contribution in [1.29, 1.82) is 0 Å². The van der Waals surface area contributed by atoms with Crippen LogP contribution in [0.4, 0.5) is 5.69 Å². The van der Waals surface area contributed by atoms with E-state index in [9.17, 15) is 8.42 Å². The van der Waals surface area contributed by atoms with E-state index in [2.05, 4.69) is 26.7 Å². The highest BCUT2D eigenvalue weighted by molar-refractivity contribution is 7.92. The van der Waals surface area contributed by atoms with Crippen LogP contribution >= 0.6 is 12.4 Å². The second-order valence-electron chi connectivity index (χ2n) is 7.67. The molecular formula is C22H27ClN4O3S. The van der Waals surface area contributed by atoms with E-state index in [1.807, 2.05) is 24.3 Å². The molecule has 1 saturated heterocycles. The third-order valence-electron chi connectivity index (χ3n) is 5.36. The maximum atomic E-state index is 12.9. The van der Waals surface area contributed by atoms with Gasteiger partial charge >= 0.3 is 0 Å². The number of nitrogens with zero attached hydrogens (tertiary/aromatic N) is 3. The van der Waals surface area contributed by atoms with Gasteiger partial charge in [0.05, 0.1) is 4.90 Å². The molecular weight excluding hydrogens is 436 g/mol. The Morgan fingerprint density at radius 1 is 1.16 bits per heavy atom. The van der Waals surface area contributed by atoms with Crippen LogP contribution in [0.1, 0.15) is 37.1 Å². The van der Waals surface area contributed by atoms with Crippen LogP contribution in [-0.2, 0) is 10.0 Å². The summed E-state index contributed by atoms with van der Waals surface area (Å²) < 4.78 is 33.8. The Morgan fingerprint density at radius 2 is 1.94 bits per heavy atom. The van der Waals surface area contributed by atoms with Crippen LogP contribution in [0.25, 0.3) is 11.5 Å². The average Bonchev–Trinajstić information content (AvgIpc) is 3.38. The Balaban J connectivity index is 0.00000272. The van der Waals surface area contributed by atoms with Crippen molar-refractivity contribution in [1.82, 2.24) is 15.1 Å². The second kappa shape index (κ2) is 9.80. The fourth-order valence-corrected chi connectivity index (χ4v) is 4.98. The van der Waals surface area contributed by atoms with Crippen molar-refractivity contribution in [2.45, 2.75) is 37.5 Å². The third-order valence-corrected chi connectivity index (χ3v) is 6.74. The molecule has 0 spiro atoms. The number of aryl methyl sites for hydroxylation is 1. The van der Waals surface area contributed by atoms with Crippen molar-refractivity contribution in [3.63, 3.8) is 0 Å². The van der Waals surface area contributed by atoms with E-state index in [0.717, 1.165) is 26.1 Å². The monoisotopic (exact) mass is 462 g/mol. The molecule has 0 saturated carbocycles. The number of nitrogens with one attached hydrogen (secondary N) is 1. The standard InChI is InChI=1S/C22H26N4O3S.ClH/c1-3-12-26-13-11-19(15-26)17-7-9-20(10-8-17)25-30(27,28)21-6-4-5-18(14-21)22-24-23-16(2)29-22;/h4-10,14,19,25H,3,11-13,15H2,1-2H3;1H/t19-;/m1./s1. The van der Waals surface area contributed by atoms with E-state index in [-0.39, 0.29) is 17.3 Å². The molecule has 1 N–H and O–H groups in total. The van der Waals surface area contributed by atoms with Crippen molar-refractivity contribution in [2.75, 3.05) is 24.4 Å². The molecule has 2 heterocycles. The largest absolute Gasteiger partial charge is 0.421 e. The van der Waals surface area contributed by atoms with Gasteiger partial charge in [0, 0.05) is 24.7 Å². The average molecular weight is 463 g/mol. The molecule has 31 heavy (non-hydrogen) atoms. The smallest absolute Gasteiger partial charge is 0.261 e. The van der Waals surface area contributed by atoms with Crippen LogP contribution in [0, 0.1) is 6.92 Å². The van der Waals surface area contributed by atoms with Gasteiger partial charge in [0.15, 0.2) is 0 Å². The molecule has 166 valence electrons. The van der Waals surface area contributed by atoms with Gasteiger partial charge in [-0.2, -0.15) is 0 Å². The molecule has 1 aliphatic rings. The molecule has 0 bridgehead atoms. The van der Waals surface area contributed by atoms with E-state index in [1.54, 1.807) is 25.1 Å². The maximum absolute atomic E-state index is 12.9. The molecule has 0 radical (unpaired) electrons. The summed E-state index contributed by atoms with van der Waals surface area (Å²) in [6, 6.07) is 14.2. The predicted molar refractivity (Wildman–Crippen MR) is 123 cm³/mol. The van der Waals surface area contributed by atoms with E-state index in [4.69, 9.17) is 4.42 Å². The third kappa shape index (κ3) is 5.44. The predicted octanol–water partition coefficient (Wildman–Crippen LogP) is 4.47. The number of rotatable bonds is 7.